The van der Waals surface area contributed by atoms with Crippen LogP contribution in [0.4, 0.5) is 0 Å². The van der Waals surface area contributed by atoms with Crippen LogP contribution in [0.25, 0.3) is 0 Å². The summed E-state index contributed by atoms with van der Waals surface area (Å²) in [4.78, 5) is 12.9. The summed E-state index contributed by atoms with van der Waals surface area (Å²) in [6.45, 7) is 4.35. The summed E-state index contributed by atoms with van der Waals surface area (Å²) >= 11 is 0. The highest BCUT2D eigenvalue weighted by Gasteiger charge is 2.24. The van der Waals surface area contributed by atoms with E-state index in [1.165, 1.54) is 0 Å². The van der Waals surface area contributed by atoms with Crippen LogP contribution in [-0.4, -0.2) is 26.7 Å². The monoisotopic (exact) mass is 353 g/mol. The van der Waals surface area contributed by atoms with Crippen molar-refractivity contribution in [2.45, 2.75) is 18.9 Å². The standard InChI is InChI=1S/C21H23NO4/c1-4-7-14-12-15(13-19(24-2)20(14)25-3)21(23)22-17-10-11-26-18-9-6-5-8-16(17)18/h4-6,8-9,12-13,17H,1,7,10-11H2,2-3H3,(H,22,23)/t17-/m0/s1. The molecule has 0 aliphatic carbocycles. The van der Waals surface area contributed by atoms with Crippen LogP contribution < -0.4 is 19.5 Å². The van der Waals surface area contributed by atoms with Gasteiger partial charge in [-0.25, -0.2) is 0 Å². The van der Waals surface area contributed by atoms with Crippen molar-refractivity contribution in [3.8, 4) is 17.2 Å². The van der Waals surface area contributed by atoms with Gasteiger partial charge in [-0.2, -0.15) is 0 Å². The summed E-state index contributed by atoms with van der Waals surface area (Å²) in [7, 11) is 3.15. The lowest BCUT2D eigenvalue weighted by Crippen LogP contribution is -2.32. The Bertz CT molecular complexity index is 816. The average molecular weight is 353 g/mol. The summed E-state index contributed by atoms with van der Waals surface area (Å²) in [5.74, 6) is 1.83. The molecule has 26 heavy (non-hydrogen) atoms. The molecular formula is C21H23NO4. The van der Waals surface area contributed by atoms with Gasteiger partial charge in [0.2, 0.25) is 0 Å². The highest BCUT2D eigenvalue weighted by atomic mass is 16.5. The van der Waals surface area contributed by atoms with Gasteiger partial charge in [0, 0.05) is 23.1 Å². The number of hydrogen-bond acceptors (Lipinski definition) is 4. The molecule has 2 aromatic rings. The molecule has 0 bridgehead atoms. The Morgan fingerprint density at radius 2 is 2.12 bits per heavy atom. The number of carbonyl (C=O) groups is 1. The molecule has 1 heterocycles. The lowest BCUT2D eigenvalue weighted by atomic mass is 9.99. The van der Waals surface area contributed by atoms with Crippen LogP contribution in [-0.2, 0) is 6.42 Å². The molecule has 0 fully saturated rings. The van der Waals surface area contributed by atoms with E-state index < -0.39 is 0 Å². The van der Waals surface area contributed by atoms with Crippen LogP contribution in [0.1, 0.15) is 33.9 Å². The molecule has 0 saturated heterocycles. The smallest absolute Gasteiger partial charge is 0.251 e. The molecule has 1 aliphatic heterocycles. The van der Waals surface area contributed by atoms with Crippen LogP contribution in [0.5, 0.6) is 17.2 Å². The number of methoxy groups -OCH3 is 2. The fourth-order valence-electron chi connectivity index (χ4n) is 3.22. The summed E-state index contributed by atoms with van der Waals surface area (Å²) in [5.41, 5.74) is 2.39. The zero-order valence-electron chi connectivity index (χ0n) is 15.1. The number of amides is 1. The number of hydrogen-bond donors (Lipinski definition) is 1. The van der Waals surface area contributed by atoms with Crippen molar-refractivity contribution < 1.29 is 19.0 Å². The van der Waals surface area contributed by atoms with Crippen molar-refractivity contribution in [2.75, 3.05) is 20.8 Å². The maximum Gasteiger partial charge on any atom is 0.251 e. The third-order valence-corrected chi connectivity index (χ3v) is 4.45. The van der Waals surface area contributed by atoms with Crippen molar-refractivity contribution >= 4 is 5.91 Å². The van der Waals surface area contributed by atoms with Crippen molar-refractivity contribution in [1.82, 2.24) is 5.32 Å². The molecule has 5 heteroatoms. The molecule has 2 aromatic carbocycles. The molecule has 1 aliphatic rings. The molecule has 0 spiro atoms. The number of carbonyl (C=O) groups excluding carboxylic acids is 1. The van der Waals surface area contributed by atoms with E-state index in [1.54, 1.807) is 26.4 Å². The zero-order valence-corrected chi connectivity index (χ0v) is 15.1. The van der Waals surface area contributed by atoms with E-state index in [-0.39, 0.29) is 11.9 Å². The van der Waals surface area contributed by atoms with E-state index in [0.717, 1.165) is 23.3 Å². The van der Waals surface area contributed by atoms with Crippen LogP contribution in [0.15, 0.2) is 49.1 Å². The van der Waals surface area contributed by atoms with Gasteiger partial charge in [-0.15, -0.1) is 6.58 Å². The van der Waals surface area contributed by atoms with Crippen molar-refractivity contribution in [1.29, 1.82) is 0 Å². The van der Waals surface area contributed by atoms with Crippen LogP contribution in [0, 0.1) is 0 Å². The normalized spacial score (nSPS) is 15.4. The molecule has 0 unspecified atom stereocenters. The van der Waals surface area contributed by atoms with Gasteiger partial charge in [0.1, 0.15) is 5.75 Å². The van der Waals surface area contributed by atoms with E-state index in [2.05, 4.69) is 11.9 Å². The van der Waals surface area contributed by atoms with Crippen LogP contribution >= 0.6 is 0 Å². The van der Waals surface area contributed by atoms with E-state index in [1.807, 2.05) is 30.3 Å². The summed E-state index contributed by atoms with van der Waals surface area (Å²) in [5, 5.41) is 3.11. The fraction of sp³-hybridized carbons (Fsp3) is 0.286. The Hall–Kier alpha value is -2.95. The van der Waals surface area contributed by atoms with E-state index >= 15 is 0 Å². The second-order valence-electron chi connectivity index (χ2n) is 6.06. The predicted octanol–water partition coefficient (Wildman–Crippen LogP) is 3.69. The number of nitrogens with one attached hydrogen (secondary N) is 1. The molecule has 0 aromatic heterocycles. The van der Waals surface area contributed by atoms with E-state index in [9.17, 15) is 4.79 Å². The number of rotatable bonds is 6. The molecular weight excluding hydrogens is 330 g/mol. The summed E-state index contributed by atoms with van der Waals surface area (Å²) < 4.78 is 16.5. The Morgan fingerprint density at radius 3 is 2.85 bits per heavy atom. The van der Waals surface area contributed by atoms with Gasteiger partial charge < -0.3 is 19.5 Å². The van der Waals surface area contributed by atoms with E-state index in [4.69, 9.17) is 14.2 Å². The molecule has 0 saturated carbocycles. The Labute approximate surface area is 153 Å². The minimum absolute atomic E-state index is 0.0802. The Balaban J connectivity index is 1.89. The van der Waals surface area contributed by atoms with Gasteiger partial charge in [0.05, 0.1) is 26.9 Å². The second-order valence-corrected chi connectivity index (χ2v) is 6.06. The number of fused-ring (bicyclic) bond motifs is 1. The summed E-state index contributed by atoms with van der Waals surface area (Å²) in [6.07, 6.45) is 3.09. The third-order valence-electron chi connectivity index (χ3n) is 4.45. The molecule has 1 N–H and O–H groups in total. The molecule has 0 radical (unpaired) electrons. The topological polar surface area (TPSA) is 56.8 Å². The molecule has 1 amide bonds. The maximum atomic E-state index is 12.9. The molecule has 5 nitrogen and oxygen atoms in total. The molecule has 136 valence electrons. The second kappa shape index (κ2) is 7.95. The first-order valence-electron chi connectivity index (χ1n) is 8.56. The largest absolute Gasteiger partial charge is 0.493 e. The van der Waals surface area contributed by atoms with Gasteiger partial charge in [-0.05, 0) is 24.6 Å². The highest BCUT2D eigenvalue weighted by molar-refractivity contribution is 5.95. The molecule has 1 atom stereocenters. The fourth-order valence-corrected chi connectivity index (χ4v) is 3.22. The van der Waals surface area contributed by atoms with Gasteiger partial charge in [-0.3, -0.25) is 4.79 Å². The van der Waals surface area contributed by atoms with Crippen LogP contribution in [0.3, 0.4) is 0 Å². The average Bonchev–Trinajstić information content (AvgIpc) is 2.67. The third kappa shape index (κ3) is 3.52. The van der Waals surface area contributed by atoms with Gasteiger partial charge >= 0.3 is 0 Å². The van der Waals surface area contributed by atoms with Crippen molar-refractivity contribution in [3.05, 3.63) is 65.7 Å². The Kier molecular flexibility index (Phi) is 5.46. The highest BCUT2D eigenvalue weighted by Crippen LogP contribution is 2.34. The first-order valence-corrected chi connectivity index (χ1v) is 8.56. The number of ether oxygens (including phenoxy) is 3. The minimum Gasteiger partial charge on any atom is -0.493 e. The van der Waals surface area contributed by atoms with E-state index in [0.29, 0.717) is 30.1 Å². The quantitative estimate of drug-likeness (QED) is 0.805. The zero-order chi connectivity index (χ0) is 18.5. The van der Waals surface area contributed by atoms with Gasteiger partial charge in [0.15, 0.2) is 11.5 Å². The number of benzene rings is 2. The van der Waals surface area contributed by atoms with Crippen LogP contribution in [0.2, 0.25) is 0 Å². The number of allylic oxidation sites excluding steroid dienone is 1. The first kappa shape index (κ1) is 17.9. The lowest BCUT2D eigenvalue weighted by molar-refractivity contribution is 0.0924. The van der Waals surface area contributed by atoms with Crippen molar-refractivity contribution in [3.63, 3.8) is 0 Å². The SMILES string of the molecule is C=CCc1cc(C(=O)N[C@H]2CCOc3ccccc32)cc(OC)c1OC. The summed E-state index contributed by atoms with van der Waals surface area (Å²) in [6, 6.07) is 11.2. The Morgan fingerprint density at radius 1 is 1.31 bits per heavy atom. The predicted molar refractivity (Wildman–Crippen MR) is 100 cm³/mol. The van der Waals surface area contributed by atoms with Crippen molar-refractivity contribution in [2.24, 2.45) is 0 Å². The molecule has 3 rings (SSSR count). The lowest BCUT2D eigenvalue weighted by Gasteiger charge is -2.26. The first-order chi connectivity index (χ1) is 12.7. The van der Waals surface area contributed by atoms with Gasteiger partial charge in [0.25, 0.3) is 5.91 Å². The maximum absolute atomic E-state index is 12.9. The number of para-hydroxylation sites is 1. The van der Waals surface area contributed by atoms with Gasteiger partial charge in [-0.1, -0.05) is 24.3 Å². The minimum atomic E-state index is -0.155.